The normalized spacial score (nSPS) is 12.0. The molecule has 0 saturated carbocycles. The van der Waals surface area contributed by atoms with E-state index in [0.29, 0.717) is 59.5 Å². The second kappa shape index (κ2) is 20.5. The minimum Gasteiger partial charge on any atom is -0.382 e. The van der Waals surface area contributed by atoms with E-state index >= 15 is 0 Å². The highest BCUT2D eigenvalue weighted by Gasteiger charge is 2.44. The van der Waals surface area contributed by atoms with Gasteiger partial charge in [-0.3, -0.25) is 0 Å². The summed E-state index contributed by atoms with van der Waals surface area (Å²) in [5.41, 5.74) is 0. The molecule has 0 heterocycles. The van der Waals surface area contributed by atoms with Gasteiger partial charge in [-0.15, -0.1) is 0 Å². The van der Waals surface area contributed by atoms with Crippen LogP contribution in [0.25, 0.3) is 0 Å². The molecule has 27 heavy (non-hydrogen) atoms. The Kier molecular flexibility index (Phi) is 20.4. The van der Waals surface area contributed by atoms with Crippen molar-refractivity contribution in [1.29, 1.82) is 0 Å². The predicted octanol–water partition coefficient (Wildman–Crippen LogP) is 0.107. The minimum atomic E-state index is -3.31. The SMILES string of the molecule is COCCOCCO[Si](OC)(OCCOCCOC)OCCOCCOC. The number of hydrogen-bond acceptors (Lipinski definition) is 10. The van der Waals surface area contributed by atoms with Crippen LogP contribution in [0, 0.1) is 0 Å². The van der Waals surface area contributed by atoms with Gasteiger partial charge < -0.3 is 46.1 Å². The van der Waals surface area contributed by atoms with E-state index in [1.54, 1.807) is 21.3 Å². The van der Waals surface area contributed by atoms with Crippen LogP contribution in [-0.2, 0) is 46.1 Å². The first-order valence-corrected chi connectivity index (χ1v) is 10.5. The zero-order chi connectivity index (χ0) is 20.1. The second-order valence-corrected chi connectivity index (χ2v) is 7.34. The molecule has 0 atom stereocenters. The van der Waals surface area contributed by atoms with Gasteiger partial charge in [0.15, 0.2) is 0 Å². The highest BCUT2D eigenvalue weighted by Crippen LogP contribution is 2.11. The van der Waals surface area contributed by atoms with Crippen molar-refractivity contribution in [2.45, 2.75) is 0 Å². The number of ether oxygens (including phenoxy) is 6. The van der Waals surface area contributed by atoms with Crippen LogP contribution in [0.2, 0.25) is 0 Å². The Hall–Kier alpha value is -0.183. The van der Waals surface area contributed by atoms with E-state index in [0.717, 1.165) is 0 Å². The molecule has 0 aliphatic rings. The molecule has 0 saturated heterocycles. The third-order valence-corrected chi connectivity index (χ3v) is 5.24. The van der Waals surface area contributed by atoms with E-state index in [4.69, 9.17) is 46.1 Å². The molecule has 0 fully saturated rings. The lowest BCUT2D eigenvalue weighted by Crippen LogP contribution is -2.50. The first kappa shape index (κ1) is 26.8. The van der Waals surface area contributed by atoms with Gasteiger partial charge >= 0.3 is 9.05 Å². The van der Waals surface area contributed by atoms with Crippen molar-refractivity contribution in [2.75, 3.05) is 108 Å². The van der Waals surface area contributed by atoms with Crippen LogP contribution in [0.4, 0.5) is 0 Å². The topological polar surface area (TPSA) is 92.3 Å². The van der Waals surface area contributed by atoms with Gasteiger partial charge in [0.05, 0.1) is 79.3 Å². The summed E-state index contributed by atoms with van der Waals surface area (Å²) >= 11 is 0. The monoisotopic (exact) mass is 416 g/mol. The zero-order valence-corrected chi connectivity index (χ0v) is 18.1. The van der Waals surface area contributed by atoms with Crippen LogP contribution < -0.4 is 0 Å². The largest absolute Gasteiger partial charge is 0.679 e. The first-order chi connectivity index (χ1) is 13.2. The standard InChI is InChI=1S/C16H36O10Si/c1-17-5-8-21-11-14-24-27(20-4,25-15-12-22-9-6-18-2)26-16-13-23-10-7-19-3/h5-16H2,1-4H3. The molecule has 0 radical (unpaired) electrons. The lowest BCUT2D eigenvalue weighted by atomic mass is 10.7. The van der Waals surface area contributed by atoms with Crippen LogP contribution in [0.3, 0.4) is 0 Å². The van der Waals surface area contributed by atoms with Gasteiger partial charge in [-0.25, -0.2) is 0 Å². The molecule has 164 valence electrons. The van der Waals surface area contributed by atoms with Gasteiger partial charge in [-0.1, -0.05) is 0 Å². The summed E-state index contributed by atoms with van der Waals surface area (Å²) < 4.78 is 53.6. The van der Waals surface area contributed by atoms with E-state index in [1.165, 1.54) is 7.11 Å². The maximum Gasteiger partial charge on any atom is 0.679 e. The van der Waals surface area contributed by atoms with Crippen molar-refractivity contribution < 1.29 is 46.1 Å². The van der Waals surface area contributed by atoms with E-state index in [1.807, 2.05) is 0 Å². The molecule has 0 aliphatic heterocycles. The smallest absolute Gasteiger partial charge is 0.382 e. The molecular formula is C16H36O10Si. The Bertz CT molecular complexity index is 258. The van der Waals surface area contributed by atoms with Gasteiger partial charge in [0.2, 0.25) is 0 Å². The predicted molar refractivity (Wildman–Crippen MR) is 98.7 cm³/mol. The number of rotatable bonds is 22. The van der Waals surface area contributed by atoms with Crippen molar-refractivity contribution in [3.8, 4) is 0 Å². The Morgan fingerprint density at radius 2 is 0.704 bits per heavy atom. The van der Waals surface area contributed by atoms with Crippen molar-refractivity contribution >= 4 is 9.05 Å². The fourth-order valence-electron chi connectivity index (χ4n) is 1.71. The molecule has 0 aromatic carbocycles. The van der Waals surface area contributed by atoms with Crippen molar-refractivity contribution in [1.82, 2.24) is 0 Å². The van der Waals surface area contributed by atoms with E-state index in [2.05, 4.69) is 0 Å². The van der Waals surface area contributed by atoms with Gasteiger partial charge in [-0.2, -0.15) is 0 Å². The van der Waals surface area contributed by atoms with Crippen molar-refractivity contribution in [3.05, 3.63) is 0 Å². The summed E-state index contributed by atoms with van der Waals surface area (Å²) in [6.45, 7) is 5.01. The quantitative estimate of drug-likeness (QED) is 0.179. The fraction of sp³-hybridized carbons (Fsp3) is 1.00. The molecule has 11 heteroatoms. The maximum absolute atomic E-state index is 5.76. The second-order valence-electron chi connectivity index (χ2n) is 5.07. The molecule has 10 nitrogen and oxygen atoms in total. The molecule has 0 rings (SSSR count). The lowest BCUT2D eigenvalue weighted by Gasteiger charge is -2.26. The Morgan fingerprint density at radius 3 is 0.963 bits per heavy atom. The highest BCUT2D eigenvalue weighted by molar-refractivity contribution is 6.53. The first-order valence-electron chi connectivity index (χ1n) is 8.91. The van der Waals surface area contributed by atoms with E-state index in [9.17, 15) is 0 Å². The molecule has 0 unspecified atom stereocenters. The average Bonchev–Trinajstić information content (AvgIpc) is 2.69. The summed E-state index contributed by atoms with van der Waals surface area (Å²) in [4.78, 5) is 0. The molecule has 0 spiro atoms. The van der Waals surface area contributed by atoms with E-state index in [-0.39, 0.29) is 19.8 Å². The molecule has 0 bridgehead atoms. The molecule has 0 aromatic rings. The van der Waals surface area contributed by atoms with Gasteiger partial charge in [-0.05, 0) is 0 Å². The molecule has 0 aromatic heterocycles. The lowest BCUT2D eigenvalue weighted by molar-refractivity contribution is -0.0576. The Labute approximate surface area is 163 Å². The summed E-state index contributed by atoms with van der Waals surface area (Å²) in [7, 11) is 3.04. The molecule has 0 aliphatic carbocycles. The summed E-state index contributed by atoms with van der Waals surface area (Å²) in [5.74, 6) is 0. The fourth-order valence-corrected chi connectivity index (χ4v) is 3.32. The summed E-state index contributed by atoms with van der Waals surface area (Å²) in [6.07, 6.45) is 0. The third kappa shape index (κ3) is 16.5. The minimum absolute atomic E-state index is 0.277. The highest BCUT2D eigenvalue weighted by atomic mass is 28.4. The number of methoxy groups -OCH3 is 3. The molecular weight excluding hydrogens is 380 g/mol. The van der Waals surface area contributed by atoms with Crippen LogP contribution in [0.1, 0.15) is 0 Å². The van der Waals surface area contributed by atoms with Gasteiger partial charge in [0.25, 0.3) is 0 Å². The molecule has 0 N–H and O–H groups in total. The van der Waals surface area contributed by atoms with Crippen LogP contribution in [0.15, 0.2) is 0 Å². The zero-order valence-electron chi connectivity index (χ0n) is 17.1. The molecule has 0 amide bonds. The van der Waals surface area contributed by atoms with Crippen LogP contribution in [-0.4, -0.2) is 117 Å². The summed E-state index contributed by atoms with van der Waals surface area (Å²) in [6, 6.07) is 0. The Balaban J connectivity index is 4.23. The van der Waals surface area contributed by atoms with Crippen molar-refractivity contribution in [2.24, 2.45) is 0 Å². The third-order valence-electron chi connectivity index (χ3n) is 3.06. The van der Waals surface area contributed by atoms with E-state index < -0.39 is 9.05 Å². The van der Waals surface area contributed by atoms with Crippen LogP contribution >= 0.6 is 0 Å². The Morgan fingerprint density at radius 1 is 0.407 bits per heavy atom. The van der Waals surface area contributed by atoms with Crippen LogP contribution in [0.5, 0.6) is 0 Å². The number of hydrogen-bond donors (Lipinski definition) is 0. The summed E-state index contributed by atoms with van der Waals surface area (Å²) in [5, 5.41) is 0. The van der Waals surface area contributed by atoms with Gasteiger partial charge in [0, 0.05) is 28.4 Å². The maximum atomic E-state index is 5.76. The van der Waals surface area contributed by atoms with Gasteiger partial charge in [0.1, 0.15) is 0 Å². The van der Waals surface area contributed by atoms with Crippen molar-refractivity contribution in [3.63, 3.8) is 0 Å². The average molecular weight is 417 g/mol.